The minimum absolute atomic E-state index is 0.136. The average Bonchev–Trinajstić information content (AvgIpc) is 2.95. The van der Waals surface area contributed by atoms with Gasteiger partial charge in [-0.3, -0.25) is 14.6 Å². The van der Waals surface area contributed by atoms with Crippen molar-refractivity contribution >= 4 is 16.7 Å². The molecule has 4 heteroatoms. The summed E-state index contributed by atoms with van der Waals surface area (Å²) in [5.41, 5.74) is 2.16. The van der Waals surface area contributed by atoms with Gasteiger partial charge < -0.3 is 4.98 Å². The Kier molecular flexibility index (Phi) is 2.88. The van der Waals surface area contributed by atoms with Gasteiger partial charge in [-0.1, -0.05) is 38.5 Å². The first-order valence-electron chi connectivity index (χ1n) is 9.15. The standard InChI is InChI=1S/C20H25N3O/c1-3-8-20-12-22-10-19(2,18(20)24)11-23(13-20)17(22)16-9-14-6-4-5-7-15(14)21-16/h4-7,9,17,21H,3,8,10-13H2,1-2H3. The molecule has 4 aliphatic rings. The SMILES string of the molecule is CCCC12CN3CC(C)(CN(C1)C3c1cc3ccccc3[nH]1)C2=O. The van der Waals surface area contributed by atoms with E-state index in [1.54, 1.807) is 0 Å². The zero-order chi connectivity index (χ0) is 16.5. The van der Waals surface area contributed by atoms with Crippen molar-refractivity contribution in [3.05, 3.63) is 36.0 Å². The first-order chi connectivity index (χ1) is 11.5. The van der Waals surface area contributed by atoms with Gasteiger partial charge in [-0.25, -0.2) is 0 Å². The maximum atomic E-state index is 13.1. The highest BCUT2D eigenvalue weighted by Gasteiger charge is 2.63. The number of piperidine rings is 2. The van der Waals surface area contributed by atoms with E-state index in [0.29, 0.717) is 11.9 Å². The molecule has 1 aromatic carbocycles. The van der Waals surface area contributed by atoms with Crippen molar-refractivity contribution in [1.82, 2.24) is 14.8 Å². The van der Waals surface area contributed by atoms with Crippen LogP contribution in [-0.4, -0.2) is 46.7 Å². The van der Waals surface area contributed by atoms with Gasteiger partial charge in [-0.05, 0) is 23.9 Å². The largest absolute Gasteiger partial charge is 0.356 e. The summed E-state index contributed by atoms with van der Waals surface area (Å²) in [4.78, 5) is 21.9. The second kappa shape index (κ2) is 4.70. The highest BCUT2D eigenvalue weighted by atomic mass is 16.1. The third-order valence-corrected chi connectivity index (χ3v) is 6.39. The van der Waals surface area contributed by atoms with Crippen LogP contribution in [0.1, 0.15) is 38.5 Å². The van der Waals surface area contributed by atoms with Gasteiger partial charge in [0.1, 0.15) is 11.9 Å². The lowest BCUT2D eigenvalue weighted by Crippen LogP contribution is -2.76. The number of hydrogen-bond donors (Lipinski definition) is 1. The topological polar surface area (TPSA) is 39.3 Å². The third-order valence-electron chi connectivity index (χ3n) is 6.39. The molecular formula is C20H25N3O. The molecule has 4 bridgehead atoms. The molecule has 1 aromatic heterocycles. The van der Waals surface area contributed by atoms with Gasteiger partial charge in [0.15, 0.2) is 0 Å². The summed E-state index contributed by atoms with van der Waals surface area (Å²) in [6, 6.07) is 10.8. The van der Waals surface area contributed by atoms with Crippen LogP contribution in [0.3, 0.4) is 0 Å². The van der Waals surface area contributed by atoms with Crippen LogP contribution in [0.25, 0.3) is 10.9 Å². The zero-order valence-corrected chi connectivity index (χ0v) is 14.5. The fraction of sp³-hybridized carbons (Fsp3) is 0.550. The van der Waals surface area contributed by atoms with Crippen molar-refractivity contribution in [2.45, 2.75) is 32.9 Å². The van der Waals surface area contributed by atoms with E-state index in [4.69, 9.17) is 0 Å². The summed E-state index contributed by atoms with van der Waals surface area (Å²) < 4.78 is 0. The van der Waals surface area contributed by atoms with Crippen LogP contribution in [0, 0.1) is 10.8 Å². The fourth-order valence-electron chi connectivity index (χ4n) is 5.77. The number of ketones is 1. The van der Waals surface area contributed by atoms with Crippen LogP contribution in [0.5, 0.6) is 0 Å². The molecule has 0 spiro atoms. The van der Waals surface area contributed by atoms with Gasteiger partial charge in [-0.15, -0.1) is 0 Å². The monoisotopic (exact) mass is 323 g/mol. The Morgan fingerprint density at radius 3 is 2.54 bits per heavy atom. The Hall–Kier alpha value is -1.65. The van der Waals surface area contributed by atoms with Gasteiger partial charge in [0.2, 0.25) is 0 Å². The number of hydrogen-bond acceptors (Lipinski definition) is 3. The van der Waals surface area contributed by atoms with E-state index in [1.807, 2.05) is 0 Å². The summed E-state index contributed by atoms with van der Waals surface area (Å²) >= 11 is 0. The first-order valence-corrected chi connectivity index (χ1v) is 9.15. The molecule has 6 rings (SSSR count). The lowest BCUT2D eigenvalue weighted by atomic mass is 9.59. The van der Waals surface area contributed by atoms with Crippen LogP contribution in [0.4, 0.5) is 0 Å². The molecule has 4 aliphatic heterocycles. The number of aromatic nitrogens is 1. The molecule has 2 atom stereocenters. The normalized spacial score (nSPS) is 40.6. The van der Waals surface area contributed by atoms with Crippen molar-refractivity contribution < 1.29 is 4.79 Å². The van der Waals surface area contributed by atoms with E-state index in [1.165, 1.54) is 16.6 Å². The van der Waals surface area contributed by atoms with Gasteiger partial charge >= 0.3 is 0 Å². The molecule has 0 saturated carbocycles. The summed E-state index contributed by atoms with van der Waals surface area (Å²) in [5.74, 6) is 0.527. The Labute approximate surface area is 142 Å². The first kappa shape index (κ1) is 14.7. The molecule has 0 amide bonds. The van der Waals surface area contributed by atoms with Crippen LogP contribution in [0.15, 0.2) is 30.3 Å². The van der Waals surface area contributed by atoms with Crippen molar-refractivity contribution in [3.63, 3.8) is 0 Å². The van der Waals surface area contributed by atoms with Crippen molar-refractivity contribution in [2.75, 3.05) is 26.2 Å². The molecule has 126 valence electrons. The molecule has 0 aliphatic carbocycles. The van der Waals surface area contributed by atoms with Gasteiger partial charge in [0.05, 0.1) is 10.8 Å². The average molecular weight is 323 g/mol. The number of benzene rings is 1. The lowest BCUT2D eigenvalue weighted by Gasteiger charge is -2.65. The Morgan fingerprint density at radius 1 is 1.17 bits per heavy atom. The smallest absolute Gasteiger partial charge is 0.150 e. The van der Waals surface area contributed by atoms with Crippen LogP contribution in [-0.2, 0) is 4.79 Å². The summed E-state index contributed by atoms with van der Waals surface area (Å²) in [6.07, 6.45) is 2.40. The second-order valence-corrected chi connectivity index (χ2v) is 8.42. The minimum Gasteiger partial charge on any atom is -0.356 e. The quantitative estimate of drug-likeness (QED) is 0.943. The lowest BCUT2D eigenvalue weighted by molar-refractivity contribution is -0.201. The molecular weight excluding hydrogens is 298 g/mol. The number of aromatic amines is 1. The fourth-order valence-corrected chi connectivity index (χ4v) is 5.77. The molecule has 4 fully saturated rings. The van der Waals surface area contributed by atoms with Crippen molar-refractivity contribution in [3.8, 4) is 0 Å². The summed E-state index contributed by atoms with van der Waals surface area (Å²) in [7, 11) is 0. The number of Topliss-reactive ketones (excluding diaryl/α,β-unsaturated/α-hetero) is 1. The number of nitrogens with zero attached hydrogens (tertiary/aromatic N) is 2. The number of nitrogens with one attached hydrogen (secondary N) is 1. The Morgan fingerprint density at radius 2 is 1.88 bits per heavy atom. The molecule has 2 aromatic rings. The molecule has 1 N–H and O–H groups in total. The van der Waals surface area contributed by atoms with E-state index in [-0.39, 0.29) is 10.8 Å². The zero-order valence-electron chi connectivity index (χ0n) is 14.5. The molecule has 5 heterocycles. The Balaban J connectivity index is 1.56. The summed E-state index contributed by atoms with van der Waals surface area (Å²) in [6.45, 7) is 8.02. The molecule has 2 unspecified atom stereocenters. The maximum Gasteiger partial charge on any atom is 0.150 e. The molecule has 24 heavy (non-hydrogen) atoms. The van der Waals surface area contributed by atoms with Crippen LogP contribution in [0.2, 0.25) is 0 Å². The number of para-hydroxylation sites is 1. The van der Waals surface area contributed by atoms with Crippen molar-refractivity contribution in [2.24, 2.45) is 10.8 Å². The van der Waals surface area contributed by atoms with Crippen molar-refractivity contribution in [1.29, 1.82) is 0 Å². The number of carbonyl (C=O) groups excluding carboxylic acids is 1. The highest BCUT2D eigenvalue weighted by Crippen LogP contribution is 2.53. The number of carbonyl (C=O) groups is 1. The van der Waals surface area contributed by atoms with Gasteiger partial charge in [0, 0.05) is 37.4 Å². The molecule has 4 nitrogen and oxygen atoms in total. The van der Waals surface area contributed by atoms with Crippen LogP contribution < -0.4 is 0 Å². The number of H-pyrrole nitrogens is 1. The predicted molar refractivity (Wildman–Crippen MR) is 94.6 cm³/mol. The van der Waals surface area contributed by atoms with E-state index >= 15 is 0 Å². The minimum atomic E-state index is -0.186. The van der Waals surface area contributed by atoms with Crippen LogP contribution >= 0.6 is 0 Å². The number of fused-ring (bicyclic) bond motifs is 1. The van der Waals surface area contributed by atoms with E-state index in [2.05, 4.69) is 59.0 Å². The molecule has 4 saturated heterocycles. The van der Waals surface area contributed by atoms with Gasteiger partial charge in [0.25, 0.3) is 0 Å². The molecule has 0 radical (unpaired) electrons. The predicted octanol–water partition coefficient (Wildman–Crippen LogP) is 3.17. The van der Waals surface area contributed by atoms with E-state index in [9.17, 15) is 4.79 Å². The summed E-state index contributed by atoms with van der Waals surface area (Å²) in [5, 5.41) is 1.27. The Bertz CT molecular complexity index is 774. The highest BCUT2D eigenvalue weighted by molar-refractivity contribution is 5.93. The second-order valence-electron chi connectivity index (χ2n) is 8.42. The third kappa shape index (κ3) is 1.78. The van der Waals surface area contributed by atoms with Gasteiger partial charge in [-0.2, -0.15) is 0 Å². The number of rotatable bonds is 3. The van der Waals surface area contributed by atoms with E-state index < -0.39 is 0 Å². The maximum absolute atomic E-state index is 13.1. The van der Waals surface area contributed by atoms with E-state index in [0.717, 1.165) is 39.0 Å².